The SMILES string of the molecule is OCCCCCCN(CCCCCCO)CCCCCCO. The van der Waals surface area contributed by atoms with Gasteiger partial charge in [-0.2, -0.15) is 0 Å². The molecule has 4 nitrogen and oxygen atoms in total. The maximum Gasteiger partial charge on any atom is 0.0431 e. The predicted molar refractivity (Wildman–Crippen MR) is 93.1 cm³/mol. The highest BCUT2D eigenvalue weighted by Crippen LogP contribution is 2.08. The Morgan fingerprint density at radius 3 is 0.909 bits per heavy atom. The lowest BCUT2D eigenvalue weighted by atomic mass is 10.1. The van der Waals surface area contributed by atoms with E-state index in [1.54, 1.807) is 0 Å². The number of hydrogen-bond acceptors (Lipinski definition) is 4. The molecule has 0 saturated carbocycles. The largest absolute Gasteiger partial charge is 0.396 e. The van der Waals surface area contributed by atoms with Gasteiger partial charge in [0.1, 0.15) is 0 Å². The van der Waals surface area contributed by atoms with Gasteiger partial charge in [0.25, 0.3) is 0 Å². The topological polar surface area (TPSA) is 63.9 Å². The molecule has 134 valence electrons. The first kappa shape index (κ1) is 21.8. The smallest absolute Gasteiger partial charge is 0.0431 e. The van der Waals surface area contributed by atoms with E-state index < -0.39 is 0 Å². The van der Waals surface area contributed by atoms with Gasteiger partial charge >= 0.3 is 0 Å². The zero-order chi connectivity index (χ0) is 16.3. The van der Waals surface area contributed by atoms with Crippen molar-refractivity contribution in [3.8, 4) is 0 Å². The van der Waals surface area contributed by atoms with Crippen LogP contribution in [0.15, 0.2) is 0 Å². The minimum absolute atomic E-state index is 0.319. The molecule has 0 spiro atoms. The summed E-state index contributed by atoms with van der Waals surface area (Å²) in [6.45, 7) is 4.47. The molecule has 0 aliphatic rings. The molecule has 0 atom stereocenters. The van der Waals surface area contributed by atoms with E-state index in [-0.39, 0.29) is 0 Å². The van der Waals surface area contributed by atoms with Crippen molar-refractivity contribution in [1.29, 1.82) is 0 Å². The van der Waals surface area contributed by atoms with Crippen molar-refractivity contribution in [2.45, 2.75) is 77.0 Å². The Balaban J connectivity index is 3.72. The van der Waals surface area contributed by atoms with Gasteiger partial charge in [-0.15, -0.1) is 0 Å². The second-order valence-electron chi connectivity index (χ2n) is 6.26. The first-order valence-electron chi connectivity index (χ1n) is 9.40. The van der Waals surface area contributed by atoms with Crippen molar-refractivity contribution in [1.82, 2.24) is 4.90 Å². The molecule has 0 aliphatic heterocycles. The number of aliphatic hydroxyl groups is 3. The zero-order valence-electron chi connectivity index (χ0n) is 14.5. The zero-order valence-corrected chi connectivity index (χ0v) is 14.5. The highest BCUT2D eigenvalue weighted by molar-refractivity contribution is 4.60. The highest BCUT2D eigenvalue weighted by Gasteiger charge is 2.04. The second-order valence-corrected chi connectivity index (χ2v) is 6.26. The fraction of sp³-hybridized carbons (Fsp3) is 1.00. The van der Waals surface area contributed by atoms with Crippen LogP contribution in [0.1, 0.15) is 77.0 Å². The average molecular weight is 318 g/mol. The summed E-state index contributed by atoms with van der Waals surface area (Å²) < 4.78 is 0. The predicted octanol–water partition coefficient (Wildman–Crippen LogP) is 2.95. The Kier molecular flexibility index (Phi) is 18.8. The molecular weight excluding hydrogens is 278 g/mol. The van der Waals surface area contributed by atoms with Gasteiger partial charge in [0.05, 0.1) is 0 Å². The Morgan fingerprint density at radius 2 is 0.636 bits per heavy atom. The molecule has 0 fully saturated rings. The number of hydrogen-bond donors (Lipinski definition) is 3. The lowest BCUT2D eigenvalue weighted by Gasteiger charge is -2.22. The fourth-order valence-electron chi connectivity index (χ4n) is 2.74. The minimum atomic E-state index is 0.319. The van der Waals surface area contributed by atoms with Crippen LogP contribution in [-0.2, 0) is 0 Å². The van der Waals surface area contributed by atoms with E-state index in [1.165, 1.54) is 58.2 Å². The third-order valence-electron chi connectivity index (χ3n) is 4.15. The number of unbranched alkanes of at least 4 members (excludes halogenated alkanes) is 9. The van der Waals surface area contributed by atoms with Crippen LogP contribution < -0.4 is 0 Å². The standard InChI is InChI=1S/C18H39NO3/c20-16-10-4-1-7-13-19(14-8-2-5-11-17-21)15-9-3-6-12-18-22/h20-22H,1-18H2. The summed E-state index contributed by atoms with van der Waals surface area (Å²) in [5, 5.41) is 26.4. The maximum absolute atomic E-state index is 8.80. The first-order valence-corrected chi connectivity index (χ1v) is 9.40. The van der Waals surface area contributed by atoms with Crippen molar-refractivity contribution in [2.75, 3.05) is 39.5 Å². The quantitative estimate of drug-likeness (QED) is 0.340. The van der Waals surface area contributed by atoms with Crippen LogP contribution in [0.3, 0.4) is 0 Å². The number of rotatable bonds is 18. The number of aliphatic hydroxyl groups excluding tert-OH is 3. The Hall–Kier alpha value is -0.160. The summed E-state index contributed by atoms with van der Waals surface area (Å²) in [7, 11) is 0. The molecule has 0 bridgehead atoms. The van der Waals surface area contributed by atoms with Crippen LogP contribution in [0.5, 0.6) is 0 Å². The van der Waals surface area contributed by atoms with Crippen LogP contribution in [0, 0.1) is 0 Å². The van der Waals surface area contributed by atoms with Gasteiger partial charge < -0.3 is 20.2 Å². The van der Waals surface area contributed by atoms with Gasteiger partial charge in [0.15, 0.2) is 0 Å². The van der Waals surface area contributed by atoms with Crippen LogP contribution in [0.25, 0.3) is 0 Å². The number of nitrogens with zero attached hydrogens (tertiary/aromatic N) is 1. The third-order valence-corrected chi connectivity index (χ3v) is 4.15. The molecule has 0 aromatic heterocycles. The molecule has 0 heterocycles. The van der Waals surface area contributed by atoms with Gasteiger partial charge in [-0.1, -0.05) is 38.5 Å². The van der Waals surface area contributed by atoms with Crippen molar-refractivity contribution in [3.63, 3.8) is 0 Å². The first-order chi connectivity index (χ1) is 10.8. The third kappa shape index (κ3) is 16.2. The molecule has 0 rings (SSSR count). The lowest BCUT2D eigenvalue weighted by Crippen LogP contribution is -2.27. The molecule has 0 aromatic carbocycles. The van der Waals surface area contributed by atoms with Crippen LogP contribution in [0.2, 0.25) is 0 Å². The van der Waals surface area contributed by atoms with E-state index in [0.29, 0.717) is 19.8 Å². The van der Waals surface area contributed by atoms with E-state index in [0.717, 1.165) is 38.5 Å². The Bertz CT molecular complexity index is 169. The van der Waals surface area contributed by atoms with Crippen molar-refractivity contribution >= 4 is 0 Å². The van der Waals surface area contributed by atoms with Crippen LogP contribution >= 0.6 is 0 Å². The molecule has 0 aromatic rings. The highest BCUT2D eigenvalue weighted by atomic mass is 16.3. The van der Waals surface area contributed by atoms with E-state index in [2.05, 4.69) is 4.90 Å². The molecule has 3 N–H and O–H groups in total. The van der Waals surface area contributed by atoms with Gasteiger partial charge in [0.2, 0.25) is 0 Å². The molecule has 0 aliphatic carbocycles. The Morgan fingerprint density at radius 1 is 0.364 bits per heavy atom. The summed E-state index contributed by atoms with van der Waals surface area (Å²) in [6, 6.07) is 0. The lowest BCUT2D eigenvalue weighted by molar-refractivity contribution is 0.243. The molecular formula is C18H39NO3. The fourth-order valence-corrected chi connectivity index (χ4v) is 2.74. The van der Waals surface area contributed by atoms with Crippen molar-refractivity contribution < 1.29 is 15.3 Å². The van der Waals surface area contributed by atoms with Crippen molar-refractivity contribution in [3.05, 3.63) is 0 Å². The molecule has 0 saturated heterocycles. The van der Waals surface area contributed by atoms with Crippen molar-refractivity contribution in [2.24, 2.45) is 0 Å². The summed E-state index contributed by atoms with van der Waals surface area (Å²) in [5.41, 5.74) is 0. The van der Waals surface area contributed by atoms with Gasteiger partial charge in [-0.05, 0) is 58.2 Å². The molecule has 0 amide bonds. The van der Waals surface area contributed by atoms with Gasteiger partial charge in [-0.3, -0.25) is 0 Å². The van der Waals surface area contributed by atoms with Gasteiger partial charge in [0, 0.05) is 19.8 Å². The Labute approximate surface area is 137 Å². The van der Waals surface area contributed by atoms with Crippen LogP contribution in [0.4, 0.5) is 0 Å². The van der Waals surface area contributed by atoms with E-state index >= 15 is 0 Å². The summed E-state index contributed by atoms with van der Waals surface area (Å²) in [6.07, 6.45) is 13.5. The summed E-state index contributed by atoms with van der Waals surface area (Å²) >= 11 is 0. The van der Waals surface area contributed by atoms with E-state index in [4.69, 9.17) is 15.3 Å². The average Bonchev–Trinajstić information content (AvgIpc) is 2.53. The molecule has 4 heteroatoms. The second kappa shape index (κ2) is 18.9. The maximum atomic E-state index is 8.80. The van der Waals surface area contributed by atoms with Crippen LogP contribution in [-0.4, -0.2) is 59.7 Å². The van der Waals surface area contributed by atoms with Gasteiger partial charge in [-0.25, -0.2) is 0 Å². The van der Waals surface area contributed by atoms with E-state index in [9.17, 15) is 0 Å². The summed E-state index contributed by atoms with van der Waals surface area (Å²) in [5.74, 6) is 0. The monoisotopic (exact) mass is 317 g/mol. The minimum Gasteiger partial charge on any atom is -0.396 e. The molecule has 22 heavy (non-hydrogen) atoms. The summed E-state index contributed by atoms with van der Waals surface area (Å²) in [4.78, 5) is 2.58. The molecule has 0 unspecified atom stereocenters. The molecule has 0 radical (unpaired) electrons. The van der Waals surface area contributed by atoms with E-state index in [1.807, 2.05) is 0 Å². The normalized spacial score (nSPS) is 11.5.